The third-order valence-corrected chi connectivity index (χ3v) is 3.26. The van der Waals surface area contributed by atoms with E-state index < -0.39 is 0 Å². The maximum atomic E-state index is 12.2. The Hall–Kier alpha value is -1.69. The number of aromatic nitrogens is 2. The van der Waals surface area contributed by atoms with Crippen molar-refractivity contribution in [2.75, 3.05) is 6.54 Å². The number of nitrogens with one attached hydrogen (secondary N) is 1. The van der Waals surface area contributed by atoms with Gasteiger partial charge in [0.2, 0.25) is 0 Å². The zero-order valence-electron chi connectivity index (χ0n) is 11.6. The summed E-state index contributed by atoms with van der Waals surface area (Å²) in [5, 5.41) is 7.73. The molecular formula is C13H18N4OS. The molecule has 1 aliphatic rings. The third-order valence-electron chi connectivity index (χ3n) is 2.93. The zero-order valence-corrected chi connectivity index (χ0v) is 12.4. The highest BCUT2D eigenvalue weighted by Crippen LogP contribution is 2.15. The minimum absolute atomic E-state index is 0.0815. The summed E-state index contributed by atoms with van der Waals surface area (Å²) in [6.45, 7) is 6.71. The van der Waals surface area contributed by atoms with Gasteiger partial charge in [-0.1, -0.05) is 13.8 Å². The predicted octanol–water partition coefficient (Wildman–Crippen LogP) is 1.44. The molecule has 1 amide bonds. The fourth-order valence-electron chi connectivity index (χ4n) is 1.91. The zero-order chi connectivity index (χ0) is 14.2. The van der Waals surface area contributed by atoms with Crippen LogP contribution in [0, 0.1) is 12.8 Å². The fourth-order valence-corrected chi connectivity index (χ4v) is 2.18. The van der Waals surface area contributed by atoms with Crippen LogP contribution >= 0.6 is 12.2 Å². The third kappa shape index (κ3) is 2.84. The fraction of sp³-hybridized carbons (Fsp3) is 0.462. The second-order valence-electron chi connectivity index (χ2n) is 5.13. The first-order chi connectivity index (χ1) is 8.88. The largest absolute Gasteiger partial charge is 0.328 e. The Morgan fingerprint density at radius 2 is 2.21 bits per heavy atom. The van der Waals surface area contributed by atoms with Gasteiger partial charge in [0, 0.05) is 19.3 Å². The van der Waals surface area contributed by atoms with Crippen LogP contribution in [0.1, 0.15) is 25.2 Å². The van der Waals surface area contributed by atoms with Crippen molar-refractivity contribution in [1.29, 1.82) is 0 Å². The summed E-state index contributed by atoms with van der Waals surface area (Å²) < 4.78 is 1.77. The molecule has 6 heteroatoms. The van der Waals surface area contributed by atoms with E-state index in [0.717, 1.165) is 11.4 Å². The molecule has 1 saturated heterocycles. The van der Waals surface area contributed by atoms with E-state index in [4.69, 9.17) is 12.2 Å². The van der Waals surface area contributed by atoms with Gasteiger partial charge in [0.05, 0.1) is 5.69 Å². The average Bonchev–Trinajstić information content (AvgIpc) is 2.74. The van der Waals surface area contributed by atoms with Crippen LogP contribution in [-0.2, 0) is 11.8 Å². The van der Waals surface area contributed by atoms with Crippen LogP contribution in [0.3, 0.4) is 0 Å². The number of carbonyl (C=O) groups excluding carboxylic acids is 1. The molecule has 0 aliphatic carbocycles. The molecular weight excluding hydrogens is 260 g/mol. The lowest BCUT2D eigenvalue weighted by Crippen LogP contribution is -2.33. The Morgan fingerprint density at radius 1 is 1.53 bits per heavy atom. The van der Waals surface area contributed by atoms with Crippen molar-refractivity contribution in [3.05, 3.63) is 23.2 Å². The van der Waals surface area contributed by atoms with E-state index in [9.17, 15) is 4.79 Å². The van der Waals surface area contributed by atoms with Gasteiger partial charge in [0.25, 0.3) is 5.91 Å². The highest BCUT2D eigenvalue weighted by atomic mass is 32.1. The Bertz CT molecular complexity index is 539. The molecule has 2 rings (SSSR count). The van der Waals surface area contributed by atoms with E-state index in [1.165, 1.54) is 0 Å². The first-order valence-corrected chi connectivity index (χ1v) is 6.64. The first kappa shape index (κ1) is 13.7. The standard InChI is InChI=1S/C13H18N4OS/c1-8(2)7-17-12(18)11(14-13(17)19)6-10-5-9(3)16(4)15-10/h5-6,8H,7H2,1-4H3,(H,14,19)/b11-6+. The number of thiocarbonyl (C=S) groups is 1. The molecule has 1 N–H and O–H groups in total. The molecule has 19 heavy (non-hydrogen) atoms. The number of aryl methyl sites for hydroxylation is 2. The molecule has 0 atom stereocenters. The number of carbonyl (C=O) groups is 1. The van der Waals surface area contributed by atoms with Gasteiger partial charge in [-0.25, -0.2) is 0 Å². The van der Waals surface area contributed by atoms with Crippen molar-refractivity contribution < 1.29 is 4.79 Å². The molecule has 102 valence electrons. The maximum absolute atomic E-state index is 12.2. The van der Waals surface area contributed by atoms with Gasteiger partial charge in [-0.3, -0.25) is 14.4 Å². The van der Waals surface area contributed by atoms with Crippen LogP contribution in [0.2, 0.25) is 0 Å². The molecule has 0 bridgehead atoms. The highest BCUT2D eigenvalue weighted by molar-refractivity contribution is 7.80. The number of nitrogens with zero attached hydrogens (tertiary/aromatic N) is 3. The van der Waals surface area contributed by atoms with Crippen molar-refractivity contribution in [2.45, 2.75) is 20.8 Å². The molecule has 2 heterocycles. The summed E-state index contributed by atoms with van der Waals surface area (Å²) >= 11 is 5.19. The van der Waals surface area contributed by atoms with E-state index in [1.807, 2.05) is 20.0 Å². The van der Waals surface area contributed by atoms with Crippen molar-refractivity contribution in [1.82, 2.24) is 20.0 Å². The summed E-state index contributed by atoms with van der Waals surface area (Å²) in [4.78, 5) is 13.8. The Morgan fingerprint density at radius 3 is 2.74 bits per heavy atom. The van der Waals surface area contributed by atoms with Gasteiger partial charge in [-0.15, -0.1) is 0 Å². The van der Waals surface area contributed by atoms with Gasteiger partial charge < -0.3 is 5.32 Å². The van der Waals surface area contributed by atoms with Crippen LogP contribution in [0.25, 0.3) is 6.08 Å². The molecule has 1 fully saturated rings. The maximum Gasteiger partial charge on any atom is 0.276 e. The summed E-state index contributed by atoms with van der Waals surface area (Å²) in [6.07, 6.45) is 1.74. The second kappa shape index (κ2) is 5.13. The van der Waals surface area contributed by atoms with Crippen molar-refractivity contribution in [3.8, 4) is 0 Å². The number of amides is 1. The van der Waals surface area contributed by atoms with E-state index in [2.05, 4.69) is 24.3 Å². The van der Waals surface area contributed by atoms with Crippen LogP contribution in [0.15, 0.2) is 11.8 Å². The molecule has 0 unspecified atom stereocenters. The van der Waals surface area contributed by atoms with Gasteiger partial charge in [-0.2, -0.15) is 5.10 Å². The second-order valence-corrected chi connectivity index (χ2v) is 5.52. The Kier molecular flexibility index (Phi) is 3.71. The van der Waals surface area contributed by atoms with Gasteiger partial charge >= 0.3 is 0 Å². The minimum atomic E-state index is -0.0815. The Labute approximate surface area is 118 Å². The van der Waals surface area contributed by atoms with E-state index in [0.29, 0.717) is 23.3 Å². The van der Waals surface area contributed by atoms with E-state index in [1.54, 1.807) is 15.7 Å². The summed E-state index contributed by atoms with van der Waals surface area (Å²) in [6, 6.07) is 1.93. The lowest BCUT2D eigenvalue weighted by Gasteiger charge is -2.15. The van der Waals surface area contributed by atoms with Gasteiger partial charge in [0.15, 0.2) is 5.11 Å². The SMILES string of the molecule is Cc1cc(/C=C2/NC(=S)N(CC(C)C)C2=O)nn1C. The average molecular weight is 278 g/mol. The van der Waals surface area contributed by atoms with Gasteiger partial charge in [-0.05, 0) is 37.2 Å². The monoisotopic (exact) mass is 278 g/mol. The highest BCUT2D eigenvalue weighted by Gasteiger charge is 2.30. The molecule has 0 radical (unpaired) electrons. The topological polar surface area (TPSA) is 50.2 Å². The van der Waals surface area contributed by atoms with Crippen molar-refractivity contribution in [3.63, 3.8) is 0 Å². The van der Waals surface area contributed by atoms with Crippen LogP contribution in [0.5, 0.6) is 0 Å². The number of hydrogen-bond acceptors (Lipinski definition) is 3. The van der Waals surface area contributed by atoms with Crippen molar-refractivity contribution in [2.24, 2.45) is 13.0 Å². The smallest absolute Gasteiger partial charge is 0.276 e. The van der Waals surface area contributed by atoms with Crippen LogP contribution < -0.4 is 5.32 Å². The lowest BCUT2D eigenvalue weighted by atomic mass is 10.2. The summed E-state index contributed by atoms with van der Waals surface area (Å²) in [5.74, 6) is 0.294. The molecule has 5 nitrogen and oxygen atoms in total. The lowest BCUT2D eigenvalue weighted by molar-refractivity contribution is -0.122. The normalized spacial score (nSPS) is 17.7. The number of rotatable bonds is 3. The molecule has 0 aromatic carbocycles. The molecule has 0 saturated carbocycles. The van der Waals surface area contributed by atoms with Crippen LogP contribution in [-0.4, -0.2) is 32.2 Å². The Balaban J connectivity index is 2.23. The summed E-state index contributed by atoms with van der Waals surface area (Å²) in [5.41, 5.74) is 2.28. The van der Waals surface area contributed by atoms with E-state index in [-0.39, 0.29) is 5.91 Å². The quantitative estimate of drug-likeness (QED) is 0.671. The molecule has 1 aliphatic heterocycles. The van der Waals surface area contributed by atoms with Crippen LogP contribution in [0.4, 0.5) is 0 Å². The number of hydrogen-bond donors (Lipinski definition) is 1. The predicted molar refractivity (Wildman–Crippen MR) is 78.2 cm³/mol. The molecule has 1 aromatic heterocycles. The van der Waals surface area contributed by atoms with Crippen molar-refractivity contribution >= 4 is 29.3 Å². The summed E-state index contributed by atoms with van der Waals surface area (Å²) in [7, 11) is 1.87. The van der Waals surface area contributed by atoms with Gasteiger partial charge in [0.1, 0.15) is 5.70 Å². The molecule has 0 spiro atoms. The minimum Gasteiger partial charge on any atom is -0.328 e. The molecule has 1 aromatic rings. The van der Waals surface area contributed by atoms with E-state index >= 15 is 0 Å². The first-order valence-electron chi connectivity index (χ1n) is 6.23.